The molecule has 0 radical (unpaired) electrons. The van der Waals surface area contributed by atoms with Crippen molar-refractivity contribution in [1.82, 2.24) is 48.4 Å². The van der Waals surface area contributed by atoms with Crippen LogP contribution >= 0.6 is 0 Å². The molecule has 23 heteroatoms. The molecule has 5 aromatic heterocycles. The number of nitrogens with zero attached hydrogens (tertiary/aromatic N) is 10. The number of anilines is 3. The van der Waals surface area contributed by atoms with Gasteiger partial charge in [0, 0.05) is 57.0 Å². The molecule has 0 aliphatic heterocycles. The SMILES string of the molecule is CCn1nc(C)cc1C(=O)Nc1nc2cc(C(N)=O)cc(OC/C=C/Cn3cc(NC)cn3)c2n1C/C=C/Cn1c(NC(=O)c2cc(C)nn2CC)nc2cc(C(N)=O)cc(OCCCC(=O)O)c21. The van der Waals surface area contributed by atoms with Crippen LogP contribution in [0.1, 0.15) is 79.8 Å². The van der Waals surface area contributed by atoms with Crippen LogP contribution in [0.3, 0.4) is 0 Å². The molecule has 360 valence electrons. The summed E-state index contributed by atoms with van der Waals surface area (Å²) in [7, 11) is 1.81. The highest BCUT2D eigenvalue weighted by molar-refractivity contribution is 6.05. The molecule has 7 aromatic rings. The van der Waals surface area contributed by atoms with Crippen molar-refractivity contribution in [2.75, 3.05) is 36.2 Å². The number of nitrogens with two attached hydrogens (primary N) is 2. The zero-order chi connectivity index (χ0) is 49.4. The minimum atomic E-state index is -0.999. The Morgan fingerprint density at radius 3 is 1.68 bits per heavy atom. The number of hydrogen-bond donors (Lipinski definition) is 6. The van der Waals surface area contributed by atoms with Crippen LogP contribution in [0.5, 0.6) is 11.5 Å². The van der Waals surface area contributed by atoms with Crippen LogP contribution in [-0.4, -0.2) is 103 Å². The van der Waals surface area contributed by atoms with Crippen molar-refractivity contribution < 1.29 is 38.6 Å². The number of aromatic nitrogens is 10. The van der Waals surface area contributed by atoms with Gasteiger partial charge in [0.15, 0.2) is 0 Å². The molecule has 0 spiro atoms. The predicted octanol–water partition coefficient (Wildman–Crippen LogP) is 4.51. The third-order valence-electron chi connectivity index (χ3n) is 10.8. The highest BCUT2D eigenvalue weighted by Crippen LogP contribution is 2.33. The average molecular weight is 944 g/mol. The van der Waals surface area contributed by atoms with E-state index in [1.807, 2.05) is 26.1 Å². The first kappa shape index (κ1) is 48.2. The molecular formula is C46H53N15O8. The Kier molecular flexibility index (Phi) is 14.8. The Hall–Kier alpha value is -8.76. The quantitative estimate of drug-likeness (QED) is 0.0380. The zero-order valence-electron chi connectivity index (χ0n) is 38.7. The molecule has 5 heterocycles. The molecule has 7 rings (SSSR count). The topological polar surface area (TPSA) is 301 Å². The summed E-state index contributed by atoms with van der Waals surface area (Å²) in [6.07, 6.45) is 10.8. The average Bonchev–Trinajstić information content (AvgIpc) is 4.16. The number of benzene rings is 2. The van der Waals surface area contributed by atoms with Crippen LogP contribution in [0.2, 0.25) is 0 Å². The number of fused-ring (bicyclic) bond motifs is 2. The molecule has 0 unspecified atom stereocenters. The monoisotopic (exact) mass is 943 g/mol. The van der Waals surface area contributed by atoms with Crippen LogP contribution in [0.4, 0.5) is 17.6 Å². The van der Waals surface area contributed by atoms with E-state index in [0.29, 0.717) is 59.0 Å². The second-order valence-corrected chi connectivity index (χ2v) is 15.7. The van der Waals surface area contributed by atoms with Gasteiger partial charge in [0.1, 0.15) is 40.5 Å². The van der Waals surface area contributed by atoms with Crippen molar-refractivity contribution in [3.05, 3.63) is 107 Å². The molecule has 0 bridgehead atoms. The summed E-state index contributed by atoms with van der Waals surface area (Å²) in [5.41, 5.74) is 15.9. The lowest BCUT2D eigenvalue weighted by Gasteiger charge is -2.13. The number of hydrogen-bond acceptors (Lipinski definition) is 13. The van der Waals surface area contributed by atoms with Crippen LogP contribution in [0.15, 0.2) is 73.1 Å². The fourth-order valence-corrected chi connectivity index (χ4v) is 7.53. The van der Waals surface area contributed by atoms with Gasteiger partial charge in [-0.15, -0.1) is 0 Å². The Bertz CT molecular complexity index is 3130. The summed E-state index contributed by atoms with van der Waals surface area (Å²) in [4.78, 5) is 73.6. The van der Waals surface area contributed by atoms with E-state index in [1.165, 1.54) is 24.3 Å². The molecule has 2 aromatic carbocycles. The van der Waals surface area contributed by atoms with Gasteiger partial charge in [-0.1, -0.05) is 18.2 Å². The lowest BCUT2D eigenvalue weighted by Crippen LogP contribution is -2.20. The van der Waals surface area contributed by atoms with Gasteiger partial charge in [-0.3, -0.25) is 48.7 Å². The second-order valence-electron chi connectivity index (χ2n) is 15.7. The maximum Gasteiger partial charge on any atom is 0.303 e. The van der Waals surface area contributed by atoms with Crippen molar-refractivity contribution >= 4 is 69.2 Å². The number of primary amides is 2. The van der Waals surface area contributed by atoms with E-state index < -0.39 is 29.6 Å². The molecule has 0 saturated heterocycles. The van der Waals surface area contributed by atoms with Crippen molar-refractivity contribution in [1.29, 1.82) is 0 Å². The summed E-state index contributed by atoms with van der Waals surface area (Å²) >= 11 is 0. The van der Waals surface area contributed by atoms with Gasteiger partial charge in [-0.05, 0) is 76.6 Å². The number of imidazole rings is 2. The van der Waals surface area contributed by atoms with Crippen molar-refractivity contribution in [2.45, 2.75) is 73.3 Å². The lowest BCUT2D eigenvalue weighted by molar-refractivity contribution is -0.137. The van der Waals surface area contributed by atoms with Crippen molar-refractivity contribution in [2.24, 2.45) is 11.5 Å². The number of carbonyl (C=O) groups excluding carboxylic acids is 4. The maximum atomic E-state index is 13.9. The van der Waals surface area contributed by atoms with Gasteiger partial charge < -0.3 is 40.5 Å². The number of allylic oxidation sites excluding steroid dienone is 3. The van der Waals surface area contributed by atoms with Gasteiger partial charge in [0.05, 0.1) is 47.5 Å². The van der Waals surface area contributed by atoms with E-state index in [9.17, 15) is 29.1 Å². The van der Waals surface area contributed by atoms with E-state index in [1.54, 1.807) is 80.6 Å². The molecule has 69 heavy (non-hydrogen) atoms. The van der Waals surface area contributed by atoms with Crippen LogP contribution in [-0.2, 0) is 37.5 Å². The van der Waals surface area contributed by atoms with Gasteiger partial charge in [0.2, 0.25) is 23.7 Å². The maximum absolute atomic E-state index is 13.9. The minimum Gasteiger partial charge on any atom is -0.491 e. The highest BCUT2D eigenvalue weighted by atomic mass is 16.5. The molecule has 0 atom stereocenters. The van der Waals surface area contributed by atoms with Crippen molar-refractivity contribution in [3.63, 3.8) is 0 Å². The third-order valence-corrected chi connectivity index (χ3v) is 10.8. The first-order chi connectivity index (χ1) is 33.2. The summed E-state index contributed by atoms with van der Waals surface area (Å²) in [6, 6.07) is 9.28. The summed E-state index contributed by atoms with van der Waals surface area (Å²) in [5, 5.41) is 31.2. The van der Waals surface area contributed by atoms with Gasteiger partial charge in [0.25, 0.3) is 11.8 Å². The largest absolute Gasteiger partial charge is 0.491 e. The van der Waals surface area contributed by atoms with Crippen LogP contribution in [0, 0.1) is 13.8 Å². The van der Waals surface area contributed by atoms with Gasteiger partial charge in [-0.25, -0.2) is 9.97 Å². The van der Waals surface area contributed by atoms with Crippen LogP contribution < -0.4 is 36.9 Å². The van der Waals surface area contributed by atoms with Gasteiger partial charge in [-0.2, -0.15) is 15.3 Å². The smallest absolute Gasteiger partial charge is 0.303 e. The summed E-state index contributed by atoms with van der Waals surface area (Å²) < 4.78 is 20.6. The molecule has 23 nitrogen and oxygen atoms in total. The number of amides is 4. The number of ether oxygens (including phenoxy) is 2. The summed E-state index contributed by atoms with van der Waals surface area (Å²) in [5.74, 6) is -2.76. The third kappa shape index (κ3) is 11.1. The van der Waals surface area contributed by atoms with E-state index in [2.05, 4.69) is 31.2 Å². The molecule has 0 aliphatic carbocycles. The molecule has 8 N–H and O–H groups in total. The molecule has 0 aliphatic rings. The van der Waals surface area contributed by atoms with E-state index >= 15 is 0 Å². The minimum absolute atomic E-state index is 0.0123. The zero-order valence-corrected chi connectivity index (χ0v) is 38.7. The Balaban J connectivity index is 1.27. The Morgan fingerprint density at radius 1 is 0.710 bits per heavy atom. The molecular weight excluding hydrogens is 891 g/mol. The number of aliphatic carboxylic acids is 1. The standard InChI is InChI=1S/C46H53N15O8/c1-6-60-34(19-27(3)55-60)43(66)53-45-51-32-21-29(41(47)64)23-36(68-17-11-10-14-57-26-31(49-5)25-50-57)39(32)58(45)15-8-9-16-59-40-33(22-30(42(48)65)24-37(40)69-18-12-13-38(62)63)52-46(59)54-44(67)35-20-28(4)56-61(35)7-2/h8-11,19-26,49H,6-7,12-18H2,1-5H3,(H2,47,64)(H2,48,65)(H,62,63)(H,51,53,66)(H,52,54,67)/b9-8+,11-10+. The van der Waals surface area contributed by atoms with Crippen LogP contribution in [0.25, 0.3) is 22.1 Å². The molecule has 4 amide bonds. The van der Waals surface area contributed by atoms with E-state index in [0.717, 1.165) is 5.69 Å². The summed E-state index contributed by atoms with van der Waals surface area (Å²) in [6.45, 7) is 8.85. The lowest BCUT2D eigenvalue weighted by atomic mass is 10.1. The molecule has 0 fully saturated rings. The number of aryl methyl sites for hydroxylation is 4. The predicted molar refractivity (Wildman–Crippen MR) is 256 cm³/mol. The fourth-order valence-electron chi connectivity index (χ4n) is 7.53. The number of rotatable bonds is 23. The highest BCUT2D eigenvalue weighted by Gasteiger charge is 2.24. The van der Waals surface area contributed by atoms with E-state index in [-0.39, 0.29) is 79.2 Å². The first-order valence-electron chi connectivity index (χ1n) is 22.0. The molecule has 0 saturated carbocycles. The number of carboxylic acid groups (broad SMARTS) is 1. The normalized spacial score (nSPS) is 11.6. The first-order valence-corrected chi connectivity index (χ1v) is 22.0. The number of carboxylic acids is 1. The fraction of sp³-hybridized carbons (Fsp3) is 0.304. The second kappa shape index (κ2) is 21.3. The van der Waals surface area contributed by atoms with Gasteiger partial charge >= 0.3 is 5.97 Å². The number of carbonyl (C=O) groups is 5. The Morgan fingerprint density at radius 2 is 1.22 bits per heavy atom. The van der Waals surface area contributed by atoms with Crippen molar-refractivity contribution in [3.8, 4) is 11.5 Å². The van der Waals surface area contributed by atoms with E-state index in [4.69, 9.17) is 30.9 Å². The Labute approximate surface area is 394 Å². The number of nitrogens with one attached hydrogen (secondary N) is 3.